The fourth-order valence-electron chi connectivity index (χ4n) is 2.94. The molecule has 0 aromatic heterocycles. The van der Waals surface area contributed by atoms with E-state index in [9.17, 15) is 9.59 Å². The number of piperidine rings is 1. The number of likely N-dealkylation sites (tertiary alicyclic amines) is 1. The van der Waals surface area contributed by atoms with Crippen molar-refractivity contribution in [2.45, 2.75) is 32.4 Å². The first-order chi connectivity index (χ1) is 11.2. The Kier molecular flexibility index (Phi) is 6.40. The summed E-state index contributed by atoms with van der Waals surface area (Å²) in [6, 6.07) is 9.62. The third-order valence-corrected chi connectivity index (χ3v) is 4.14. The maximum absolute atomic E-state index is 12.2. The summed E-state index contributed by atoms with van der Waals surface area (Å²) in [4.78, 5) is 27.6. The number of benzene rings is 1. The maximum atomic E-state index is 12.2. The number of hydrogen-bond donors (Lipinski definition) is 1. The number of rotatable bonds is 5. The molecule has 0 saturated carbocycles. The SMILES string of the molecule is CCN(C(=O)CN)[C@H]1CCCN(C(=O)OCc2ccccc2)C1. The van der Waals surface area contributed by atoms with Crippen LogP contribution in [-0.2, 0) is 16.1 Å². The third kappa shape index (κ3) is 4.69. The maximum Gasteiger partial charge on any atom is 0.410 e. The molecule has 1 aliphatic rings. The standard InChI is InChI=1S/C17H25N3O3/c1-2-20(16(21)11-18)15-9-6-10-19(12-15)17(22)23-13-14-7-4-3-5-8-14/h3-5,7-8,15H,2,6,9-13,18H2,1H3/t15-/m0/s1. The fraction of sp³-hybridized carbons (Fsp3) is 0.529. The number of ether oxygens (including phenoxy) is 1. The second-order valence-corrected chi connectivity index (χ2v) is 5.67. The third-order valence-electron chi connectivity index (χ3n) is 4.14. The number of carbonyl (C=O) groups is 2. The van der Waals surface area contributed by atoms with Gasteiger partial charge in [-0.15, -0.1) is 0 Å². The first-order valence-electron chi connectivity index (χ1n) is 8.10. The molecule has 0 spiro atoms. The molecule has 2 amide bonds. The van der Waals surface area contributed by atoms with Gasteiger partial charge in [-0.2, -0.15) is 0 Å². The van der Waals surface area contributed by atoms with Gasteiger partial charge in [-0.1, -0.05) is 30.3 Å². The number of nitrogens with zero attached hydrogens (tertiary/aromatic N) is 2. The van der Waals surface area contributed by atoms with Gasteiger partial charge >= 0.3 is 6.09 Å². The molecule has 1 fully saturated rings. The molecule has 1 aromatic carbocycles. The second kappa shape index (κ2) is 8.53. The van der Waals surface area contributed by atoms with Crippen LogP contribution in [0.25, 0.3) is 0 Å². The summed E-state index contributed by atoms with van der Waals surface area (Å²) in [7, 11) is 0. The second-order valence-electron chi connectivity index (χ2n) is 5.67. The minimum atomic E-state index is -0.324. The van der Waals surface area contributed by atoms with Crippen LogP contribution in [0.4, 0.5) is 4.79 Å². The predicted octanol–water partition coefficient (Wildman–Crippen LogP) is 1.59. The molecule has 1 atom stereocenters. The van der Waals surface area contributed by atoms with Crippen LogP contribution >= 0.6 is 0 Å². The van der Waals surface area contributed by atoms with Gasteiger partial charge < -0.3 is 20.3 Å². The lowest BCUT2D eigenvalue weighted by Gasteiger charge is -2.38. The van der Waals surface area contributed by atoms with Crippen LogP contribution in [0.15, 0.2) is 30.3 Å². The zero-order chi connectivity index (χ0) is 16.7. The van der Waals surface area contributed by atoms with Crippen molar-refractivity contribution in [3.05, 3.63) is 35.9 Å². The summed E-state index contributed by atoms with van der Waals surface area (Å²) in [6.45, 7) is 3.97. The van der Waals surface area contributed by atoms with Gasteiger partial charge in [-0.25, -0.2) is 4.79 Å². The van der Waals surface area contributed by atoms with Crippen molar-refractivity contribution in [2.75, 3.05) is 26.2 Å². The van der Waals surface area contributed by atoms with Crippen LogP contribution < -0.4 is 5.73 Å². The molecule has 0 bridgehead atoms. The van der Waals surface area contributed by atoms with Crippen LogP contribution in [0.2, 0.25) is 0 Å². The van der Waals surface area contributed by atoms with Gasteiger partial charge in [0.2, 0.25) is 5.91 Å². The van der Waals surface area contributed by atoms with Crippen molar-refractivity contribution < 1.29 is 14.3 Å². The number of nitrogens with two attached hydrogens (primary N) is 1. The van der Waals surface area contributed by atoms with Gasteiger partial charge in [0.15, 0.2) is 0 Å². The van der Waals surface area contributed by atoms with Gasteiger partial charge in [0.25, 0.3) is 0 Å². The van der Waals surface area contributed by atoms with Gasteiger partial charge in [-0.05, 0) is 25.3 Å². The van der Waals surface area contributed by atoms with Gasteiger partial charge in [0, 0.05) is 25.7 Å². The molecule has 23 heavy (non-hydrogen) atoms. The lowest BCUT2D eigenvalue weighted by Crippen LogP contribution is -2.52. The lowest BCUT2D eigenvalue weighted by atomic mass is 10.0. The van der Waals surface area contributed by atoms with E-state index < -0.39 is 0 Å². The first-order valence-corrected chi connectivity index (χ1v) is 8.10. The molecule has 6 nitrogen and oxygen atoms in total. The van der Waals surface area contributed by atoms with Crippen molar-refractivity contribution in [2.24, 2.45) is 5.73 Å². The highest BCUT2D eigenvalue weighted by Crippen LogP contribution is 2.17. The van der Waals surface area contributed by atoms with Crippen LogP contribution in [0, 0.1) is 0 Å². The first kappa shape index (κ1) is 17.3. The van der Waals surface area contributed by atoms with Crippen molar-refractivity contribution in [3.63, 3.8) is 0 Å². The average Bonchev–Trinajstić information content (AvgIpc) is 2.61. The molecular formula is C17H25N3O3. The highest BCUT2D eigenvalue weighted by Gasteiger charge is 2.29. The Labute approximate surface area is 137 Å². The number of amides is 2. The number of hydrogen-bond acceptors (Lipinski definition) is 4. The van der Waals surface area contributed by atoms with E-state index in [1.165, 1.54) is 0 Å². The predicted molar refractivity (Wildman–Crippen MR) is 87.7 cm³/mol. The quantitative estimate of drug-likeness (QED) is 0.894. The summed E-state index contributed by atoms with van der Waals surface area (Å²) in [5.41, 5.74) is 6.43. The summed E-state index contributed by atoms with van der Waals surface area (Å²) in [5, 5.41) is 0. The Bertz CT molecular complexity index is 521. The molecule has 126 valence electrons. The van der Waals surface area contributed by atoms with Gasteiger partial charge in [0.1, 0.15) is 6.61 Å². The van der Waals surface area contributed by atoms with Crippen molar-refractivity contribution in [3.8, 4) is 0 Å². The molecule has 1 saturated heterocycles. The van der Waals surface area contributed by atoms with Crippen LogP contribution in [0.3, 0.4) is 0 Å². The van der Waals surface area contributed by atoms with E-state index in [1.807, 2.05) is 37.3 Å². The van der Waals surface area contributed by atoms with E-state index in [2.05, 4.69) is 0 Å². The number of likely N-dealkylation sites (N-methyl/N-ethyl adjacent to an activating group) is 1. The Morgan fingerprint density at radius 2 is 2.09 bits per heavy atom. The fourth-order valence-corrected chi connectivity index (χ4v) is 2.94. The van der Waals surface area contributed by atoms with E-state index in [1.54, 1.807) is 9.80 Å². The zero-order valence-electron chi connectivity index (χ0n) is 13.6. The largest absolute Gasteiger partial charge is 0.445 e. The molecule has 0 aliphatic carbocycles. The minimum Gasteiger partial charge on any atom is -0.445 e. The zero-order valence-corrected chi connectivity index (χ0v) is 13.6. The van der Waals surface area contributed by atoms with Crippen molar-refractivity contribution in [1.82, 2.24) is 9.80 Å². The molecule has 6 heteroatoms. The van der Waals surface area contributed by atoms with E-state index in [4.69, 9.17) is 10.5 Å². The molecule has 0 radical (unpaired) electrons. The Morgan fingerprint density at radius 3 is 2.74 bits per heavy atom. The van der Waals surface area contributed by atoms with E-state index in [-0.39, 0.29) is 31.2 Å². The summed E-state index contributed by atoms with van der Waals surface area (Å²) in [5.74, 6) is -0.0722. The number of carbonyl (C=O) groups excluding carboxylic acids is 2. The molecule has 1 aromatic rings. The Morgan fingerprint density at radius 1 is 1.35 bits per heavy atom. The van der Waals surface area contributed by atoms with E-state index in [0.29, 0.717) is 19.6 Å². The van der Waals surface area contributed by atoms with Gasteiger partial charge in [0.05, 0.1) is 6.54 Å². The summed E-state index contributed by atoms with van der Waals surface area (Å²) >= 11 is 0. The van der Waals surface area contributed by atoms with Crippen LogP contribution in [0.5, 0.6) is 0 Å². The summed E-state index contributed by atoms with van der Waals surface area (Å²) < 4.78 is 5.37. The van der Waals surface area contributed by atoms with Crippen LogP contribution in [-0.4, -0.2) is 54.0 Å². The highest BCUT2D eigenvalue weighted by molar-refractivity contribution is 5.78. The summed E-state index contributed by atoms with van der Waals surface area (Å²) in [6.07, 6.45) is 1.43. The molecule has 2 rings (SSSR count). The normalized spacial score (nSPS) is 17.7. The Balaban J connectivity index is 1.89. The smallest absolute Gasteiger partial charge is 0.410 e. The molecule has 1 aliphatic heterocycles. The monoisotopic (exact) mass is 319 g/mol. The lowest BCUT2D eigenvalue weighted by molar-refractivity contribution is -0.132. The molecule has 1 heterocycles. The molecule has 2 N–H and O–H groups in total. The van der Waals surface area contributed by atoms with E-state index >= 15 is 0 Å². The Hall–Kier alpha value is -2.08. The molecule has 0 unspecified atom stereocenters. The highest BCUT2D eigenvalue weighted by atomic mass is 16.6. The average molecular weight is 319 g/mol. The van der Waals surface area contributed by atoms with Gasteiger partial charge in [-0.3, -0.25) is 4.79 Å². The van der Waals surface area contributed by atoms with Crippen LogP contribution in [0.1, 0.15) is 25.3 Å². The van der Waals surface area contributed by atoms with Crippen molar-refractivity contribution >= 4 is 12.0 Å². The molecular weight excluding hydrogens is 294 g/mol. The minimum absolute atomic E-state index is 0.00277. The van der Waals surface area contributed by atoms with Crippen molar-refractivity contribution in [1.29, 1.82) is 0 Å². The van der Waals surface area contributed by atoms with E-state index in [0.717, 1.165) is 18.4 Å². The topological polar surface area (TPSA) is 75.9 Å².